The van der Waals surface area contributed by atoms with Crippen LogP contribution in [-0.2, 0) is 13.0 Å². The summed E-state index contributed by atoms with van der Waals surface area (Å²) in [6, 6.07) is 4.07. The van der Waals surface area contributed by atoms with Crippen molar-refractivity contribution in [1.29, 1.82) is 0 Å². The van der Waals surface area contributed by atoms with E-state index in [0.29, 0.717) is 12.5 Å². The number of anilines is 1. The molecule has 0 saturated heterocycles. The third-order valence-corrected chi connectivity index (χ3v) is 3.28. The molecule has 2 aromatic rings. The van der Waals surface area contributed by atoms with Crippen molar-refractivity contribution in [2.24, 2.45) is 0 Å². The van der Waals surface area contributed by atoms with Crippen LogP contribution in [-0.4, -0.2) is 17.0 Å². The summed E-state index contributed by atoms with van der Waals surface area (Å²) in [4.78, 5) is 9.55. The molecule has 0 atom stereocenters. The van der Waals surface area contributed by atoms with Gasteiger partial charge in [-0.3, -0.25) is 0 Å². The van der Waals surface area contributed by atoms with Gasteiger partial charge in [0.2, 0.25) is 5.88 Å². The fourth-order valence-electron chi connectivity index (χ4n) is 1.59. The van der Waals surface area contributed by atoms with E-state index in [4.69, 9.17) is 4.74 Å². The van der Waals surface area contributed by atoms with Gasteiger partial charge in [-0.05, 0) is 17.9 Å². The molecule has 0 aliphatic rings. The fourth-order valence-corrected chi connectivity index (χ4v) is 2.20. The molecule has 0 spiro atoms. The Bertz CT molecular complexity index is 471. The summed E-state index contributed by atoms with van der Waals surface area (Å²) < 4.78 is 5.73. The van der Waals surface area contributed by atoms with Gasteiger partial charge in [0, 0.05) is 11.9 Å². The lowest BCUT2D eigenvalue weighted by atomic mass is 10.2. The van der Waals surface area contributed by atoms with Gasteiger partial charge >= 0.3 is 0 Å². The Kier molecular flexibility index (Phi) is 3.93. The van der Waals surface area contributed by atoms with Gasteiger partial charge in [-0.25, -0.2) is 9.97 Å². The molecule has 2 rings (SSSR count). The van der Waals surface area contributed by atoms with Crippen LogP contribution in [0.1, 0.15) is 17.4 Å². The highest BCUT2D eigenvalue weighted by Gasteiger charge is 2.09. The van der Waals surface area contributed by atoms with Gasteiger partial charge in [0.15, 0.2) is 0 Å². The second-order valence-corrected chi connectivity index (χ2v) is 4.51. The van der Waals surface area contributed by atoms with Crippen LogP contribution in [0.3, 0.4) is 0 Å². The zero-order chi connectivity index (χ0) is 12.1. The Morgan fingerprint density at radius 2 is 2.29 bits per heavy atom. The molecule has 2 heterocycles. The molecule has 4 nitrogen and oxygen atoms in total. The molecule has 0 saturated carbocycles. The molecular weight excluding hydrogens is 234 g/mol. The van der Waals surface area contributed by atoms with E-state index < -0.39 is 0 Å². The summed E-state index contributed by atoms with van der Waals surface area (Å²) in [5, 5.41) is 5.09. The monoisotopic (exact) mass is 249 g/mol. The number of hydrogen-bond acceptors (Lipinski definition) is 5. The predicted octanol–water partition coefficient (Wildman–Crippen LogP) is 2.72. The van der Waals surface area contributed by atoms with Crippen molar-refractivity contribution >= 4 is 17.2 Å². The van der Waals surface area contributed by atoms with E-state index in [9.17, 15) is 0 Å². The SMILES string of the molecule is CCc1c(NC)ncnc1OCc1cccs1. The lowest BCUT2D eigenvalue weighted by Gasteiger charge is -2.11. The first-order valence-corrected chi connectivity index (χ1v) is 6.40. The molecule has 0 aromatic carbocycles. The lowest BCUT2D eigenvalue weighted by Crippen LogP contribution is -2.04. The minimum absolute atomic E-state index is 0.560. The van der Waals surface area contributed by atoms with Gasteiger partial charge in [-0.1, -0.05) is 13.0 Å². The number of aromatic nitrogens is 2. The first-order chi connectivity index (χ1) is 8.35. The zero-order valence-corrected chi connectivity index (χ0v) is 10.8. The quantitative estimate of drug-likeness (QED) is 0.885. The van der Waals surface area contributed by atoms with Gasteiger partial charge in [-0.2, -0.15) is 0 Å². The van der Waals surface area contributed by atoms with Crippen molar-refractivity contribution in [3.05, 3.63) is 34.3 Å². The number of hydrogen-bond donors (Lipinski definition) is 1. The predicted molar refractivity (Wildman–Crippen MR) is 69.6 cm³/mol. The van der Waals surface area contributed by atoms with Crippen LogP contribution >= 0.6 is 11.3 Å². The first kappa shape index (κ1) is 11.9. The first-order valence-electron chi connectivity index (χ1n) is 5.52. The summed E-state index contributed by atoms with van der Waals surface area (Å²) >= 11 is 1.68. The van der Waals surface area contributed by atoms with Gasteiger partial charge in [-0.15, -0.1) is 11.3 Å². The molecule has 0 radical (unpaired) electrons. The smallest absolute Gasteiger partial charge is 0.222 e. The van der Waals surface area contributed by atoms with Gasteiger partial charge in [0.05, 0.1) is 5.56 Å². The standard InChI is InChI=1S/C12H15N3OS/c1-3-10-11(13-2)14-8-15-12(10)16-7-9-5-4-6-17-9/h4-6,8H,3,7H2,1-2H3,(H,13,14,15). The molecule has 2 aromatic heterocycles. The number of ether oxygens (including phenoxy) is 1. The van der Waals surface area contributed by atoms with Crippen molar-refractivity contribution in [3.63, 3.8) is 0 Å². The number of nitrogens with zero attached hydrogens (tertiary/aromatic N) is 2. The molecule has 1 N–H and O–H groups in total. The minimum atomic E-state index is 0.560. The Balaban J connectivity index is 2.14. The maximum atomic E-state index is 5.73. The highest BCUT2D eigenvalue weighted by molar-refractivity contribution is 7.09. The van der Waals surface area contributed by atoms with E-state index in [0.717, 1.165) is 17.8 Å². The largest absolute Gasteiger partial charge is 0.472 e. The van der Waals surface area contributed by atoms with Crippen LogP contribution in [0.5, 0.6) is 5.88 Å². The maximum Gasteiger partial charge on any atom is 0.222 e. The Morgan fingerprint density at radius 1 is 1.41 bits per heavy atom. The third kappa shape index (κ3) is 2.74. The number of nitrogens with one attached hydrogen (secondary N) is 1. The van der Waals surface area contributed by atoms with Crippen LogP contribution < -0.4 is 10.1 Å². The summed E-state index contributed by atoms with van der Waals surface area (Å²) in [5.74, 6) is 1.50. The Morgan fingerprint density at radius 3 is 2.94 bits per heavy atom. The highest BCUT2D eigenvalue weighted by atomic mass is 32.1. The molecule has 0 unspecified atom stereocenters. The van der Waals surface area contributed by atoms with Crippen LogP contribution in [0.2, 0.25) is 0 Å². The molecule has 0 amide bonds. The van der Waals surface area contributed by atoms with Crippen LogP contribution in [0.25, 0.3) is 0 Å². The molecule has 17 heavy (non-hydrogen) atoms. The van der Waals surface area contributed by atoms with Crippen molar-refractivity contribution < 1.29 is 4.74 Å². The van der Waals surface area contributed by atoms with E-state index in [1.54, 1.807) is 11.3 Å². The van der Waals surface area contributed by atoms with E-state index >= 15 is 0 Å². The van der Waals surface area contributed by atoms with Crippen molar-refractivity contribution in [1.82, 2.24) is 9.97 Å². The lowest BCUT2D eigenvalue weighted by molar-refractivity contribution is 0.293. The van der Waals surface area contributed by atoms with Crippen LogP contribution in [0.15, 0.2) is 23.8 Å². The minimum Gasteiger partial charge on any atom is -0.472 e. The molecule has 0 aliphatic carbocycles. The fraction of sp³-hybridized carbons (Fsp3) is 0.333. The summed E-state index contributed by atoms with van der Waals surface area (Å²) in [6.45, 7) is 2.63. The van der Waals surface area contributed by atoms with Crippen LogP contribution in [0.4, 0.5) is 5.82 Å². The molecule has 5 heteroatoms. The Labute approximate surface area is 105 Å². The van der Waals surface area contributed by atoms with E-state index in [-0.39, 0.29) is 0 Å². The average molecular weight is 249 g/mol. The van der Waals surface area contributed by atoms with Crippen molar-refractivity contribution in [2.75, 3.05) is 12.4 Å². The summed E-state index contributed by atoms with van der Waals surface area (Å²) in [6.07, 6.45) is 2.37. The van der Waals surface area contributed by atoms with Crippen LogP contribution in [0, 0.1) is 0 Å². The second kappa shape index (κ2) is 5.63. The molecule has 90 valence electrons. The summed E-state index contributed by atoms with van der Waals surface area (Å²) in [5.41, 5.74) is 1.02. The second-order valence-electron chi connectivity index (χ2n) is 3.48. The third-order valence-electron chi connectivity index (χ3n) is 2.43. The van der Waals surface area contributed by atoms with Crippen molar-refractivity contribution in [3.8, 4) is 5.88 Å². The molecular formula is C12H15N3OS. The van der Waals surface area contributed by atoms with E-state index in [2.05, 4.69) is 28.3 Å². The van der Waals surface area contributed by atoms with Gasteiger partial charge < -0.3 is 10.1 Å². The number of thiophene rings is 1. The molecule has 0 aliphatic heterocycles. The average Bonchev–Trinajstić information content (AvgIpc) is 2.88. The Hall–Kier alpha value is -1.62. The van der Waals surface area contributed by atoms with Gasteiger partial charge in [0.1, 0.15) is 18.8 Å². The van der Waals surface area contributed by atoms with Crippen molar-refractivity contribution in [2.45, 2.75) is 20.0 Å². The van der Waals surface area contributed by atoms with E-state index in [1.165, 1.54) is 11.2 Å². The maximum absolute atomic E-state index is 5.73. The summed E-state index contributed by atoms with van der Waals surface area (Å²) in [7, 11) is 1.85. The molecule has 0 fully saturated rings. The topological polar surface area (TPSA) is 47.0 Å². The highest BCUT2D eigenvalue weighted by Crippen LogP contribution is 2.23. The van der Waals surface area contributed by atoms with E-state index in [1.807, 2.05) is 18.5 Å². The zero-order valence-electron chi connectivity index (χ0n) is 9.93. The molecule has 0 bridgehead atoms. The normalized spacial score (nSPS) is 10.2. The number of rotatable bonds is 5. The van der Waals surface area contributed by atoms with Gasteiger partial charge in [0.25, 0.3) is 0 Å².